The Morgan fingerprint density at radius 1 is 1.03 bits per heavy atom. The van der Waals surface area contributed by atoms with E-state index in [1.54, 1.807) is 30.5 Å². The van der Waals surface area contributed by atoms with Gasteiger partial charge in [0.25, 0.3) is 5.91 Å². The number of aromatic nitrogens is 3. The third-order valence-electron chi connectivity index (χ3n) is 4.82. The third kappa shape index (κ3) is 5.65. The second kappa shape index (κ2) is 9.69. The van der Waals surface area contributed by atoms with Crippen LogP contribution in [0.2, 0.25) is 0 Å². The van der Waals surface area contributed by atoms with E-state index in [2.05, 4.69) is 20.3 Å². The Kier molecular flexibility index (Phi) is 6.78. The van der Waals surface area contributed by atoms with E-state index in [4.69, 9.17) is 21.7 Å². The van der Waals surface area contributed by atoms with Crippen molar-refractivity contribution in [3.63, 3.8) is 0 Å². The highest BCUT2D eigenvalue weighted by molar-refractivity contribution is 5.96. The number of hydrogen-bond donors (Lipinski definition) is 5. The first-order valence-electron chi connectivity index (χ1n) is 9.75. The molecule has 2 heterocycles. The number of carboxylic acids is 2. The standard InChI is InChI=1S/C21H22N6O5/c22-18-14-9-13(24-10-16(14)26-21(23)27-18)6-3-11-1-4-12(5-2-11)19(30)25-15(20(31)32)7-8-17(28)29/h1-2,4-5,9-10,15H,3,6-8H2,(H,25,30)(H,28,29)(H,31,32)(H4,22,23,26,27). The zero-order valence-electron chi connectivity index (χ0n) is 17.0. The molecule has 0 aliphatic rings. The van der Waals surface area contributed by atoms with E-state index in [1.807, 2.05) is 6.07 Å². The van der Waals surface area contributed by atoms with Crippen molar-refractivity contribution in [3.8, 4) is 0 Å². The molecule has 1 unspecified atom stereocenters. The van der Waals surface area contributed by atoms with Gasteiger partial charge in [0.1, 0.15) is 11.9 Å². The van der Waals surface area contributed by atoms with Crippen molar-refractivity contribution in [3.05, 3.63) is 53.3 Å². The van der Waals surface area contributed by atoms with Gasteiger partial charge < -0.3 is 27.0 Å². The molecule has 2 aromatic heterocycles. The van der Waals surface area contributed by atoms with Gasteiger partial charge in [-0.2, -0.15) is 4.98 Å². The van der Waals surface area contributed by atoms with Crippen LogP contribution in [0.1, 0.15) is 34.5 Å². The van der Waals surface area contributed by atoms with Crippen molar-refractivity contribution in [2.45, 2.75) is 31.7 Å². The van der Waals surface area contributed by atoms with Crippen LogP contribution in [0.3, 0.4) is 0 Å². The van der Waals surface area contributed by atoms with Crippen LogP contribution in [-0.4, -0.2) is 49.1 Å². The number of hydrogen-bond acceptors (Lipinski definition) is 8. The fourth-order valence-electron chi connectivity index (χ4n) is 3.12. The Morgan fingerprint density at radius 2 is 1.75 bits per heavy atom. The number of aliphatic carboxylic acids is 2. The monoisotopic (exact) mass is 438 g/mol. The number of nitrogens with zero attached hydrogens (tertiary/aromatic N) is 3. The van der Waals surface area contributed by atoms with Crippen molar-refractivity contribution < 1.29 is 24.6 Å². The molecule has 166 valence electrons. The molecule has 0 saturated heterocycles. The van der Waals surface area contributed by atoms with Crippen LogP contribution >= 0.6 is 0 Å². The van der Waals surface area contributed by atoms with E-state index < -0.39 is 23.9 Å². The Hall–Kier alpha value is -4.28. The van der Waals surface area contributed by atoms with Gasteiger partial charge in [0.15, 0.2) is 0 Å². The summed E-state index contributed by atoms with van der Waals surface area (Å²) in [4.78, 5) is 46.6. The molecule has 1 atom stereocenters. The molecule has 0 aliphatic carbocycles. The summed E-state index contributed by atoms with van der Waals surface area (Å²) < 4.78 is 0. The number of nitrogen functional groups attached to an aromatic ring is 2. The van der Waals surface area contributed by atoms with E-state index in [0.717, 1.165) is 11.3 Å². The van der Waals surface area contributed by atoms with Crippen molar-refractivity contribution >= 4 is 40.5 Å². The summed E-state index contributed by atoms with van der Waals surface area (Å²) >= 11 is 0. The summed E-state index contributed by atoms with van der Waals surface area (Å²) in [5.74, 6) is -2.62. The molecular weight excluding hydrogens is 416 g/mol. The summed E-state index contributed by atoms with van der Waals surface area (Å²) in [6.07, 6.45) is 2.29. The zero-order valence-corrected chi connectivity index (χ0v) is 17.0. The molecule has 3 aromatic rings. The molecule has 0 aliphatic heterocycles. The molecule has 1 aromatic carbocycles. The SMILES string of the molecule is Nc1nc(N)c2cc(CCc3ccc(C(=O)NC(CCC(=O)O)C(=O)O)cc3)ncc2n1. The molecule has 0 saturated carbocycles. The molecule has 11 heteroatoms. The summed E-state index contributed by atoms with van der Waals surface area (Å²) in [6, 6.07) is 7.24. The van der Waals surface area contributed by atoms with Gasteiger partial charge >= 0.3 is 11.9 Å². The number of fused-ring (bicyclic) bond motifs is 1. The highest BCUT2D eigenvalue weighted by Gasteiger charge is 2.21. The minimum Gasteiger partial charge on any atom is -0.481 e. The van der Waals surface area contributed by atoms with Crippen molar-refractivity contribution in [2.24, 2.45) is 0 Å². The largest absolute Gasteiger partial charge is 0.481 e. The lowest BCUT2D eigenvalue weighted by Crippen LogP contribution is -2.41. The van der Waals surface area contributed by atoms with E-state index in [9.17, 15) is 14.4 Å². The molecule has 0 fully saturated rings. The highest BCUT2D eigenvalue weighted by atomic mass is 16.4. The number of carboxylic acid groups (broad SMARTS) is 2. The summed E-state index contributed by atoms with van der Waals surface area (Å²) in [5, 5.41) is 20.9. The number of rotatable bonds is 9. The van der Waals surface area contributed by atoms with Crippen LogP contribution < -0.4 is 16.8 Å². The molecule has 32 heavy (non-hydrogen) atoms. The lowest BCUT2D eigenvalue weighted by molar-refractivity contribution is -0.140. The number of nitrogens with two attached hydrogens (primary N) is 2. The van der Waals surface area contributed by atoms with Crippen LogP contribution in [0.4, 0.5) is 11.8 Å². The second-order valence-electron chi connectivity index (χ2n) is 7.15. The van der Waals surface area contributed by atoms with Gasteiger partial charge in [0.2, 0.25) is 5.95 Å². The summed E-state index contributed by atoms with van der Waals surface area (Å²) in [5.41, 5.74) is 14.1. The predicted octanol–water partition coefficient (Wildman–Crippen LogP) is 1.02. The zero-order chi connectivity index (χ0) is 23.3. The Morgan fingerprint density at radius 3 is 2.41 bits per heavy atom. The van der Waals surface area contributed by atoms with Gasteiger partial charge in [-0.15, -0.1) is 0 Å². The second-order valence-corrected chi connectivity index (χ2v) is 7.15. The normalized spacial score (nSPS) is 11.8. The molecule has 11 nitrogen and oxygen atoms in total. The van der Waals surface area contributed by atoms with Gasteiger partial charge in [-0.05, 0) is 43.0 Å². The number of nitrogens with one attached hydrogen (secondary N) is 1. The number of anilines is 2. The summed E-state index contributed by atoms with van der Waals surface area (Å²) in [7, 11) is 0. The minimum atomic E-state index is -1.28. The maximum atomic E-state index is 12.3. The van der Waals surface area contributed by atoms with Gasteiger partial charge in [-0.1, -0.05) is 12.1 Å². The summed E-state index contributed by atoms with van der Waals surface area (Å²) in [6.45, 7) is 0. The lowest BCUT2D eigenvalue weighted by Gasteiger charge is -2.13. The molecule has 3 rings (SSSR count). The van der Waals surface area contributed by atoms with Gasteiger partial charge in [-0.25, -0.2) is 9.78 Å². The van der Waals surface area contributed by atoms with E-state index in [0.29, 0.717) is 23.7 Å². The van der Waals surface area contributed by atoms with Crippen LogP contribution in [-0.2, 0) is 22.4 Å². The van der Waals surface area contributed by atoms with E-state index in [-0.39, 0.29) is 30.2 Å². The quantitative estimate of drug-likeness (QED) is 0.322. The first-order valence-corrected chi connectivity index (χ1v) is 9.75. The topological polar surface area (TPSA) is 194 Å². The van der Waals surface area contributed by atoms with Crippen LogP contribution in [0.5, 0.6) is 0 Å². The van der Waals surface area contributed by atoms with Crippen LogP contribution in [0, 0.1) is 0 Å². The number of benzene rings is 1. The first-order chi connectivity index (χ1) is 15.2. The fraction of sp³-hybridized carbons (Fsp3) is 0.238. The van der Waals surface area contributed by atoms with Crippen LogP contribution in [0.15, 0.2) is 36.5 Å². The fourth-order valence-corrected chi connectivity index (χ4v) is 3.12. The Bertz CT molecular complexity index is 1170. The number of carbonyl (C=O) groups is 3. The third-order valence-corrected chi connectivity index (χ3v) is 4.82. The smallest absolute Gasteiger partial charge is 0.326 e. The molecule has 1 amide bonds. The molecular formula is C21H22N6O5. The van der Waals surface area contributed by atoms with Crippen molar-refractivity contribution in [1.82, 2.24) is 20.3 Å². The Balaban J connectivity index is 1.62. The average Bonchev–Trinajstić information content (AvgIpc) is 2.75. The van der Waals surface area contributed by atoms with Crippen LogP contribution in [0.25, 0.3) is 10.9 Å². The highest BCUT2D eigenvalue weighted by Crippen LogP contribution is 2.19. The average molecular weight is 438 g/mol. The first kappa shape index (κ1) is 22.4. The van der Waals surface area contributed by atoms with Gasteiger partial charge in [-0.3, -0.25) is 14.6 Å². The van der Waals surface area contributed by atoms with Gasteiger partial charge in [0.05, 0.1) is 11.7 Å². The predicted molar refractivity (Wildman–Crippen MR) is 116 cm³/mol. The molecule has 0 bridgehead atoms. The molecule has 7 N–H and O–H groups in total. The number of aryl methyl sites for hydroxylation is 2. The van der Waals surface area contributed by atoms with Crippen molar-refractivity contribution in [1.29, 1.82) is 0 Å². The number of carbonyl (C=O) groups excluding carboxylic acids is 1. The maximum absolute atomic E-state index is 12.3. The van der Waals surface area contributed by atoms with Gasteiger partial charge in [0, 0.05) is 23.1 Å². The maximum Gasteiger partial charge on any atom is 0.326 e. The lowest BCUT2D eigenvalue weighted by atomic mass is 10.0. The van der Waals surface area contributed by atoms with E-state index in [1.165, 1.54) is 0 Å². The minimum absolute atomic E-state index is 0.0882. The Labute approximate surface area is 182 Å². The molecule has 0 radical (unpaired) electrons. The number of pyridine rings is 1. The van der Waals surface area contributed by atoms with E-state index >= 15 is 0 Å². The van der Waals surface area contributed by atoms with Crippen molar-refractivity contribution in [2.75, 3.05) is 11.5 Å². The molecule has 0 spiro atoms. The number of amides is 1.